The summed E-state index contributed by atoms with van der Waals surface area (Å²) in [5, 5.41) is 7.42. The average Bonchev–Trinajstić information content (AvgIpc) is 3.02. The lowest BCUT2D eigenvalue weighted by Crippen LogP contribution is -2.41. The highest BCUT2D eigenvalue weighted by Crippen LogP contribution is 2.32. The molecule has 2 fully saturated rings. The summed E-state index contributed by atoms with van der Waals surface area (Å²) >= 11 is 6.26. The normalized spacial score (nSPS) is 23.7. The molecule has 6 nitrogen and oxygen atoms in total. The van der Waals surface area contributed by atoms with Crippen LogP contribution in [0.5, 0.6) is 0 Å². The van der Waals surface area contributed by atoms with E-state index in [0.717, 1.165) is 18.1 Å². The van der Waals surface area contributed by atoms with Gasteiger partial charge < -0.3 is 15.5 Å². The van der Waals surface area contributed by atoms with Crippen molar-refractivity contribution in [2.75, 3.05) is 23.8 Å². The van der Waals surface area contributed by atoms with Gasteiger partial charge in [-0.1, -0.05) is 17.7 Å². The number of piperidine rings is 1. The molecule has 1 aromatic heterocycles. The highest BCUT2D eigenvalue weighted by atomic mass is 35.5. The van der Waals surface area contributed by atoms with Crippen molar-refractivity contribution in [2.24, 2.45) is 5.92 Å². The zero-order valence-electron chi connectivity index (χ0n) is 15.3. The Morgan fingerprint density at radius 3 is 2.74 bits per heavy atom. The maximum Gasteiger partial charge on any atom is 0.188 e. The molecule has 2 N–H and O–H groups in total. The van der Waals surface area contributed by atoms with Crippen molar-refractivity contribution < 1.29 is 0 Å². The van der Waals surface area contributed by atoms with Crippen molar-refractivity contribution in [3.63, 3.8) is 0 Å². The van der Waals surface area contributed by atoms with Crippen molar-refractivity contribution in [3.8, 4) is 0 Å². The quantitative estimate of drug-likeness (QED) is 0.751. The van der Waals surface area contributed by atoms with E-state index < -0.39 is 0 Å². The molecule has 4 rings (SSSR count). The highest BCUT2D eigenvalue weighted by Gasteiger charge is 2.33. The summed E-state index contributed by atoms with van der Waals surface area (Å²) < 4.78 is 0. The minimum Gasteiger partial charge on any atom is -0.359 e. The zero-order chi connectivity index (χ0) is 18.8. The molecule has 0 amide bonds. The fourth-order valence-electron chi connectivity index (χ4n) is 4.24. The molecule has 2 unspecified atom stereocenters. The molecule has 7 heteroatoms. The maximum absolute atomic E-state index is 7.06. The summed E-state index contributed by atoms with van der Waals surface area (Å²) in [6, 6.07) is 8.52. The number of fused-ring (bicyclic) bond motifs is 2. The molecule has 0 aliphatic carbocycles. The van der Waals surface area contributed by atoms with Crippen LogP contribution in [-0.2, 0) is 0 Å². The average molecular weight is 383 g/mol. The van der Waals surface area contributed by atoms with Gasteiger partial charge in [0.05, 0.1) is 17.3 Å². The molecule has 2 saturated heterocycles. The molecule has 2 atom stereocenters. The predicted molar refractivity (Wildman–Crippen MR) is 109 cm³/mol. The second-order valence-corrected chi connectivity index (χ2v) is 7.93. The van der Waals surface area contributed by atoms with Crippen LogP contribution in [0.1, 0.15) is 25.7 Å². The number of nitrogens with zero attached hydrogens (tertiary/aromatic N) is 4. The number of nitrogens with one attached hydrogen (secondary N) is 2. The Kier molecular flexibility index (Phi) is 5.15. The van der Waals surface area contributed by atoms with E-state index in [0.29, 0.717) is 34.5 Å². The molecule has 1 aromatic carbocycles. The Labute approximate surface area is 164 Å². The van der Waals surface area contributed by atoms with Crippen molar-refractivity contribution in [1.82, 2.24) is 15.3 Å². The van der Waals surface area contributed by atoms with Gasteiger partial charge in [-0.3, -0.25) is 0 Å². The summed E-state index contributed by atoms with van der Waals surface area (Å²) in [6.07, 6.45) is 6.71. The molecule has 2 aliphatic rings. The first kappa shape index (κ1) is 18.0. The highest BCUT2D eigenvalue weighted by molar-refractivity contribution is 6.33. The molecule has 0 spiro atoms. The molecule has 2 aromatic rings. The number of aromatic nitrogens is 2. The second kappa shape index (κ2) is 7.71. The largest absolute Gasteiger partial charge is 0.359 e. The number of anilines is 3. The summed E-state index contributed by atoms with van der Waals surface area (Å²) in [5.74, 6) is 2.29. The van der Waals surface area contributed by atoms with Gasteiger partial charge in [0.2, 0.25) is 0 Å². The predicted octanol–water partition coefficient (Wildman–Crippen LogP) is 4.39. The summed E-state index contributed by atoms with van der Waals surface area (Å²) in [4.78, 5) is 14.3. The van der Waals surface area contributed by atoms with E-state index in [1.54, 1.807) is 24.5 Å². The lowest BCUT2D eigenvalue weighted by atomic mass is 9.92. The Morgan fingerprint density at radius 2 is 2.04 bits per heavy atom. The van der Waals surface area contributed by atoms with Gasteiger partial charge in [0.1, 0.15) is 18.0 Å². The standard InChI is InChI=1S/C20H23ClN6/c1-22-14-5-6-18(17(21)9-14)26-19-10-20(24-12-23-19)27(2)11-13-7-15-3-4-16(8-13)25-15/h5-6,9-10,12-13,15-16,25H,3-4,7-8,11H2,2H3,(H,23,24,26). The van der Waals surface area contributed by atoms with Gasteiger partial charge in [0.25, 0.3) is 0 Å². The van der Waals surface area contributed by atoms with E-state index in [4.69, 9.17) is 18.2 Å². The van der Waals surface area contributed by atoms with Gasteiger partial charge in [-0.25, -0.2) is 14.8 Å². The molecule has 3 heterocycles. The van der Waals surface area contributed by atoms with Crippen LogP contribution in [0, 0.1) is 12.5 Å². The third kappa shape index (κ3) is 4.15. The van der Waals surface area contributed by atoms with Crippen LogP contribution in [-0.4, -0.2) is 35.6 Å². The van der Waals surface area contributed by atoms with Gasteiger partial charge in [-0.05, 0) is 43.7 Å². The SMILES string of the molecule is [C-]#[N+]c1ccc(Nc2cc(N(C)CC3CC4CCC(C3)N4)ncn2)c(Cl)c1. The number of hydrogen-bond donors (Lipinski definition) is 2. The Balaban J connectivity index is 1.43. The number of benzene rings is 1. The third-order valence-corrected chi connectivity index (χ3v) is 5.80. The van der Waals surface area contributed by atoms with Crippen LogP contribution in [0.4, 0.5) is 23.0 Å². The number of rotatable bonds is 5. The van der Waals surface area contributed by atoms with Gasteiger partial charge in [-0.15, -0.1) is 0 Å². The third-order valence-electron chi connectivity index (χ3n) is 5.49. The molecular formula is C20H23ClN6. The molecule has 0 radical (unpaired) electrons. The topological polar surface area (TPSA) is 57.4 Å². The molecule has 27 heavy (non-hydrogen) atoms. The lowest BCUT2D eigenvalue weighted by molar-refractivity contribution is 0.303. The van der Waals surface area contributed by atoms with Crippen LogP contribution < -0.4 is 15.5 Å². The Hall–Kier alpha value is -2.36. The summed E-state index contributed by atoms with van der Waals surface area (Å²) in [5.41, 5.74) is 1.25. The number of hydrogen-bond acceptors (Lipinski definition) is 5. The van der Waals surface area contributed by atoms with Crippen molar-refractivity contribution in [2.45, 2.75) is 37.8 Å². The Bertz CT molecular complexity index is 852. The van der Waals surface area contributed by atoms with E-state index >= 15 is 0 Å². The van der Waals surface area contributed by atoms with Crippen LogP contribution >= 0.6 is 11.6 Å². The molecule has 140 valence electrons. The van der Waals surface area contributed by atoms with Crippen LogP contribution in [0.2, 0.25) is 5.02 Å². The van der Waals surface area contributed by atoms with E-state index in [-0.39, 0.29) is 0 Å². The van der Waals surface area contributed by atoms with Crippen molar-refractivity contribution in [3.05, 3.63) is 47.0 Å². The molecule has 2 bridgehead atoms. The minimum absolute atomic E-state index is 0.502. The smallest absolute Gasteiger partial charge is 0.188 e. The Morgan fingerprint density at radius 1 is 1.26 bits per heavy atom. The lowest BCUT2D eigenvalue weighted by Gasteiger charge is -2.32. The number of halogens is 1. The van der Waals surface area contributed by atoms with Gasteiger partial charge in [0.15, 0.2) is 5.69 Å². The maximum atomic E-state index is 7.06. The second-order valence-electron chi connectivity index (χ2n) is 7.52. The van der Waals surface area contributed by atoms with E-state index in [2.05, 4.69) is 37.4 Å². The first-order valence-electron chi connectivity index (χ1n) is 9.34. The van der Waals surface area contributed by atoms with Crippen LogP contribution in [0.25, 0.3) is 4.85 Å². The van der Waals surface area contributed by atoms with Gasteiger partial charge >= 0.3 is 0 Å². The minimum atomic E-state index is 0.502. The van der Waals surface area contributed by atoms with Crippen LogP contribution in [0.15, 0.2) is 30.6 Å². The summed E-state index contributed by atoms with van der Waals surface area (Å²) in [7, 11) is 2.09. The first-order valence-corrected chi connectivity index (χ1v) is 9.72. The summed E-state index contributed by atoms with van der Waals surface area (Å²) in [6.45, 7) is 8.06. The van der Waals surface area contributed by atoms with Crippen LogP contribution in [0.3, 0.4) is 0 Å². The van der Waals surface area contributed by atoms with Crippen molar-refractivity contribution >= 4 is 34.6 Å². The fourth-order valence-corrected chi connectivity index (χ4v) is 4.46. The molecule has 2 aliphatic heterocycles. The fraction of sp³-hybridized carbons (Fsp3) is 0.450. The van der Waals surface area contributed by atoms with Crippen molar-refractivity contribution in [1.29, 1.82) is 0 Å². The van der Waals surface area contributed by atoms with E-state index in [9.17, 15) is 0 Å². The van der Waals surface area contributed by atoms with Gasteiger partial charge in [0, 0.05) is 31.7 Å². The van der Waals surface area contributed by atoms with E-state index in [1.165, 1.54) is 25.7 Å². The first-order chi connectivity index (χ1) is 13.1. The van der Waals surface area contributed by atoms with Gasteiger partial charge in [-0.2, -0.15) is 0 Å². The molecule has 0 saturated carbocycles. The van der Waals surface area contributed by atoms with E-state index in [1.807, 2.05) is 6.07 Å². The monoisotopic (exact) mass is 382 g/mol. The zero-order valence-corrected chi connectivity index (χ0v) is 16.1. The molecular weight excluding hydrogens is 360 g/mol.